The molecule has 1 heterocycles. The lowest BCUT2D eigenvalue weighted by molar-refractivity contribution is -0.129. The van der Waals surface area contributed by atoms with Crippen LogP contribution >= 0.6 is 22.6 Å². The SMILES string of the molecule is O=C(O)C1=NS(=O)(=O)c2c(I)cccc2N1. The van der Waals surface area contributed by atoms with Crippen LogP contribution in [-0.2, 0) is 14.8 Å². The van der Waals surface area contributed by atoms with Crippen LogP contribution in [0.3, 0.4) is 0 Å². The van der Waals surface area contributed by atoms with E-state index in [1.54, 1.807) is 12.1 Å². The maximum Gasteiger partial charge on any atom is 0.372 e. The van der Waals surface area contributed by atoms with Crippen molar-refractivity contribution < 1.29 is 18.3 Å². The number of nitrogens with one attached hydrogen (secondary N) is 1. The van der Waals surface area contributed by atoms with E-state index >= 15 is 0 Å². The topological polar surface area (TPSA) is 95.8 Å². The molecule has 1 aliphatic rings. The molecule has 0 amide bonds. The van der Waals surface area contributed by atoms with Gasteiger partial charge in [-0.1, -0.05) is 6.07 Å². The molecule has 1 aliphatic heterocycles. The third-order valence-electron chi connectivity index (χ3n) is 1.89. The maximum atomic E-state index is 11.7. The van der Waals surface area contributed by atoms with Gasteiger partial charge in [0.15, 0.2) is 0 Å². The summed E-state index contributed by atoms with van der Waals surface area (Å²) >= 11 is 1.86. The lowest BCUT2D eigenvalue weighted by Crippen LogP contribution is -2.28. The fourth-order valence-electron chi connectivity index (χ4n) is 1.28. The predicted octanol–water partition coefficient (Wildman–Crippen LogP) is 0.889. The Balaban J connectivity index is 2.71. The first-order valence-corrected chi connectivity index (χ1v) is 6.57. The second-order valence-corrected chi connectivity index (χ2v) is 5.66. The molecule has 0 unspecified atom stereocenters. The van der Waals surface area contributed by atoms with E-state index in [-0.39, 0.29) is 10.6 Å². The third kappa shape index (κ3) is 1.78. The van der Waals surface area contributed by atoms with Gasteiger partial charge >= 0.3 is 5.97 Å². The average Bonchev–Trinajstić information content (AvgIpc) is 2.15. The van der Waals surface area contributed by atoms with Crippen LogP contribution in [0.2, 0.25) is 0 Å². The van der Waals surface area contributed by atoms with Crippen LogP contribution in [0, 0.1) is 3.57 Å². The number of nitrogens with zero attached hydrogens (tertiary/aromatic N) is 1. The van der Waals surface area contributed by atoms with Crippen LogP contribution in [0.1, 0.15) is 0 Å². The molecule has 0 saturated carbocycles. The zero-order chi connectivity index (χ0) is 11.9. The molecule has 84 valence electrons. The number of hydrogen-bond acceptors (Lipinski definition) is 4. The number of amidine groups is 1. The van der Waals surface area contributed by atoms with Crippen LogP contribution in [-0.4, -0.2) is 25.3 Å². The van der Waals surface area contributed by atoms with E-state index in [1.807, 2.05) is 22.6 Å². The summed E-state index contributed by atoms with van der Waals surface area (Å²) in [6.45, 7) is 0. The van der Waals surface area contributed by atoms with E-state index in [0.29, 0.717) is 3.57 Å². The Morgan fingerprint density at radius 1 is 1.44 bits per heavy atom. The van der Waals surface area contributed by atoms with Gasteiger partial charge in [-0.3, -0.25) is 0 Å². The summed E-state index contributed by atoms with van der Waals surface area (Å²) in [4.78, 5) is 10.7. The van der Waals surface area contributed by atoms with Gasteiger partial charge in [0.2, 0.25) is 5.84 Å². The van der Waals surface area contributed by atoms with Crippen molar-refractivity contribution in [1.29, 1.82) is 0 Å². The minimum absolute atomic E-state index is 0.0144. The van der Waals surface area contributed by atoms with Gasteiger partial charge in [-0.25, -0.2) is 4.79 Å². The van der Waals surface area contributed by atoms with Gasteiger partial charge in [-0.2, -0.15) is 8.42 Å². The highest BCUT2D eigenvalue weighted by Gasteiger charge is 2.29. The van der Waals surface area contributed by atoms with Crippen LogP contribution in [0.4, 0.5) is 5.69 Å². The Morgan fingerprint density at radius 2 is 2.12 bits per heavy atom. The Kier molecular flexibility index (Phi) is 2.62. The monoisotopic (exact) mass is 352 g/mol. The van der Waals surface area contributed by atoms with Gasteiger partial charge < -0.3 is 10.4 Å². The lowest BCUT2D eigenvalue weighted by atomic mass is 10.3. The van der Waals surface area contributed by atoms with Crippen molar-refractivity contribution in [1.82, 2.24) is 0 Å². The number of aliphatic carboxylic acids is 1. The summed E-state index contributed by atoms with van der Waals surface area (Å²) < 4.78 is 27.1. The number of halogens is 1. The highest BCUT2D eigenvalue weighted by molar-refractivity contribution is 14.1. The molecule has 6 nitrogen and oxygen atoms in total. The molecule has 0 fully saturated rings. The summed E-state index contributed by atoms with van der Waals surface area (Å²) in [5.74, 6) is -2.00. The number of carboxylic acid groups (broad SMARTS) is 1. The van der Waals surface area contributed by atoms with E-state index in [0.717, 1.165) is 0 Å². The third-order valence-corrected chi connectivity index (χ3v) is 4.54. The van der Waals surface area contributed by atoms with Crippen molar-refractivity contribution in [2.75, 3.05) is 5.32 Å². The molecule has 0 radical (unpaired) electrons. The molecule has 0 bridgehead atoms. The predicted molar refractivity (Wildman–Crippen MR) is 65.0 cm³/mol. The quantitative estimate of drug-likeness (QED) is 0.732. The highest BCUT2D eigenvalue weighted by atomic mass is 127. The normalized spacial score (nSPS) is 16.9. The smallest absolute Gasteiger partial charge is 0.372 e. The van der Waals surface area contributed by atoms with E-state index in [1.165, 1.54) is 6.07 Å². The minimum atomic E-state index is -3.93. The van der Waals surface area contributed by atoms with Gasteiger partial charge in [0, 0.05) is 3.57 Å². The number of fused-ring (bicyclic) bond motifs is 1. The number of rotatable bonds is 1. The van der Waals surface area contributed by atoms with Crippen molar-refractivity contribution in [2.24, 2.45) is 4.40 Å². The Bertz CT molecular complexity index is 608. The van der Waals surface area contributed by atoms with Crippen LogP contribution in [0.25, 0.3) is 0 Å². The van der Waals surface area contributed by atoms with Gasteiger partial charge in [0.05, 0.1) is 5.69 Å². The molecule has 2 rings (SSSR count). The molecule has 0 atom stereocenters. The first-order valence-electron chi connectivity index (χ1n) is 4.05. The number of carboxylic acids is 1. The fourth-order valence-corrected chi connectivity index (χ4v) is 3.78. The zero-order valence-corrected chi connectivity index (χ0v) is 10.6. The largest absolute Gasteiger partial charge is 0.475 e. The lowest BCUT2D eigenvalue weighted by Gasteiger charge is -2.16. The highest BCUT2D eigenvalue weighted by Crippen LogP contribution is 2.31. The molecule has 0 aliphatic carbocycles. The van der Waals surface area contributed by atoms with Crippen molar-refractivity contribution in [3.8, 4) is 0 Å². The number of sulfonamides is 1. The molecular weight excluding hydrogens is 347 g/mol. The van der Waals surface area contributed by atoms with E-state index in [4.69, 9.17) is 5.11 Å². The number of benzene rings is 1. The van der Waals surface area contributed by atoms with Crippen molar-refractivity contribution in [3.63, 3.8) is 0 Å². The van der Waals surface area contributed by atoms with Crippen molar-refractivity contribution in [3.05, 3.63) is 21.8 Å². The number of hydrogen-bond donors (Lipinski definition) is 2. The summed E-state index contributed by atoms with van der Waals surface area (Å²) in [5, 5.41) is 11.2. The summed E-state index contributed by atoms with van der Waals surface area (Å²) in [6.07, 6.45) is 0. The standard InChI is InChI=1S/C8H5IN2O4S/c9-4-2-1-3-5-6(4)16(14,15)11-7(10-5)8(12)13/h1-3H,(H,10,11)(H,12,13). The molecule has 0 saturated heterocycles. The molecule has 2 N–H and O–H groups in total. The number of anilines is 1. The molecular formula is C8H5IN2O4S. The van der Waals surface area contributed by atoms with E-state index < -0.39 is 21.8 Å². The van der Waals surface area contributed by atoms with Crippen molar-refractivity contribution in [2.45, 2.75) is 4.90 Å². The second kappa shape index (κ2) is 3.70. The number of carbonyl (C=O) groups is 1. The van der Waals surface area contributed by atoms with Crippen LogP contribution in [0.5, 0.6) is 0 Å². The molecule has 0 aromatic heterocycles. The molecule has 1 aromatic carbocycles. The van der Waals surface area contributed by atoms with Gasteiger partial charge in [-0.15, -0.1) is 4.40 Å². The van der Waals surface area contributed by atoms with Gasteiger partial charge in [0.25, 0.3) is 10.0 Å². The Hall–Kier alpha value is -1.16. The fraction of sp³-hybridized carbons (Fsp3) is 0. The van der Waals surface area contributed by atoms with Gasteiger partial charge in [-0.05, 0) is 34.7 Å². The van der Waals surface area contributed by atoms with E-state index in [9.17, 15) is 13.2 Å². The Labute approximate surface area is 105 Å². The molecule has 8 heteroatoms. The van der Waals surface area contributed by atoms with E-state index in [2.05, 4.69) is 9.71 Å². The molecule has 1 aromatic rings. The minimum Gasteiger partial charge on any atom is -0.475 e. The Morgan fingerprint density at radius 3 is 2.75 bits per heavy atom. The zero-order valence-electron chi connectivity index (χ0n) is 7.64. The molecule has 16 heavy (non-hydrogen) atoms. The maximum absolute atomic E-state index is 11.7. The second-order valence-electron chi connectivity index (χ2n) is 2.96. The first-order chi connectivity index (χ1) is 7.42. The summed E-state index contributed by atoms with van der Waals surface area (Å²) in [6, 6.07) is 4.74. The summed E-state index contributed by atoms with van der Waals surface area (Å²) in [7, 11) is -3.93. The summed E-state index contributed by atoms with van der Waals surface area (Å²) in [5.41, 5.74) is 0.235. The average molecular weight is 352 g/mol. The first kappa shape index (κ1) is 11.3. The molecule has 0 spiro atoms. The van der Waals surface area contributed by atoms with Crippen LogP contribution < -0.4 is 5.32 Å². The van der Waals surface area contributed by atoms with Crippen molar-refractivity contribution >= 4 is 50.1 Å². The van der Waals surface area contributed by atoms with Gasteiger partial charge in [0.1, 0.15) is 4.90 Å². The van der Waals surface area contributed by atoms with Crippen LogP contribution in [0.15, 0.2) is 27.5 Å².